The van der Waals surface area contributed by atoms with Gasteiger partial charge >= 0.3 is 0 Å². The standard InChI is InChI=1S/C10H15Cl/c1-7(2)8(3)6-9(4)10(5)11/h6-7H,3,5H2,1-2,4H3/b9-6-. The molecule has 62 valence electrons. The van der Waals surface area contributed by atoms with Crippen LogP contribution in [0.3, 0.4) is 0 Å². The van der Waals surface area contributed by atoms with Crippen molar-refractivity contribution >= 4 is 11.6 Å². The lowest BCUT2D eigenvalue weighted by Crippen LogP contribution is -1.89. The molecule has 0 aliphatic rings. The van der Waals surface area contributed by atoms with E-state index in [1.165, 1.54) is 0 Å². The zero-order valence-electron chi connectivity index (χ0n) is 7.45. The third kappa shape index (κ3) is 4.05. The van der Waals surface area contributed by atoms with Gasteiger partial charge < -0.3 is 0 Å². The van der Waals surface area contributed by atoms with Gasteiger partial charge in [-0.05, 0) is 18.4 Å². The summed E-state index contributed by atoms with van der Waals surface area (Å²) in [6.07, 6.45) is 1.97. The van der Waals surface area contributed by atoms with E-state index in [9.17, 15) is 0 Å². The first-order valence-electron chi connectivity index (χ1n) is 3.67. The van der Waals surface area contributed by atoms with Crippen molar-refractivity contribution in [3.63, 3.8) is 0 Å². The molecule has 0 aromatic carbocycles. The Morgan fingerprint density at radius 1 is 1.36 bits per heavy atom. The molecule has 0 unspecified atom stereocenters. The maximum atomic E-state index is 5.67. The Morgan fingerprint density at radius 2 is 1.82 bits per heavy atom. The van der Waals surface area contributed by atoms with E-state index in [0.717, 1.165) is 11.1 Å². The van der Waals surface area contributed by atoms with Crippen LogP contribution >= 0.6 is 11.6 Å². The van der Waals surface area contributed by atoms with Crippen LogP contribution in [0.4, 0.5) is 0 Å². The zero-order chi connectivity index (χ0) is 9.02. The highest BCUT2D eigenvalue weighted by atomic mass is 35.5. The third-order valence-corrected chi connectivity index (χ3v) is 1.87. The second kappa shape index (κ2) is 4.40. The Bertz CT molecular complexity index is 197. The molecular formula is C10H15Cl. The fourth-order valence-electron chi connectivity index (χ4n) is 0.523. The molecular weight excluding hydrogens is 156 g/mol. The van der Waals surface area contributed by atoms with Gasteiger partial charge in [-0.2, -0.15) is 0 Å². The van der Waals surface area contributed by atoms with Gasteiger partial charge in [0.2, 0.25) is 0 Å². The highest BCUT2D eigenvalue weighted by Gasteiger charge is 1.97. The Balaban J connectivity index is 4.32. The lowest BCUT2D eigenvalue weighted by molar-refractivity contribution is 0.794. The molecule has 0 heterocycles. The van der Waals surface area contributed by atoms with Crippen LogP contribution in [0, 0.1) is 5.92 Å². The molecule has 0 aliphatic carbocycles. The maximum absolute atomic E-state index is 5.67. The summed E-state index contributed by atoms with van der Waals surface area (Å²) in [5, 5.41) is 0.590. The van der Waals surface area contributed by atoms with Crippen LogP contribution in [0.5, 0.6) is 0 Å². The highest BCUT2D eigenvalue weighted by Crippen LogP contribution is 2.16. The van der Waals surface area contributed by atoms with Gasteiger partial charge in [-0.1, -0.05) is 50.3 Å². The van der Waals surface area contributed by atoms with Crippen molar-refractivity contribution < 1.29 is 0 Å². The second-order valence-electron chi connectivity index (χ2n) is 2.96. The van der Waals surface area contributed by atoms with Crippen molar-refractivity contribution in [2.45, 2.75) is 20.8 Å². The largest absolute Gasteiger partial charge is 0.0956 e. The molecule has 0 spiro atoms. The van der Waals surface area contributed by atoms with Crippen LogP contribution in [0.1, 0.15) is 20.8 Å². The van der Waals surface area contributed by atoms with E-state index in [1.807, 2.05) is 13.0 Å². The predicted octanol–water partition coefficient (Wildman–Crippen LogP) is 3.90. The van der Waals surface area contributed by atoms with Crippen molar-refractivity contribution in [3.8, 4) is 0 Å². The SMILES string of the molecule is C=C(Cl)/C(C)=C\C(=C)C(C)C. The topological polar surface area (TPSA) is 0 Å². The first-order valence-corrected chi connectivity index (χ1v) is 4.04. The van der Waals surface area contributed by atoms with E-state index in [0.29, 0.717) is 11.0 Å². The minimum Gasteiger partial charge on any atom is -0.0956 e. The summed E-state index contributed by atoms with van der Waals surface area (Å²) in [5.74, 6) is 0.473. The number of halogens is 1. The van der Waals surface area contributed by atoms with Gasteiger partial charge in [-0.15, -0.1) is 0 Å². The van der Waals surface area contributed by atoms with Crippen LogP contribution in [-0.2, 0) is 0 Å². The average Bonchev–Trinajstić information content (AvgIpc) is 1.87. The summed E-state index contributed by atoms with van der Waals surface area (Å²) in [6, 6.07) is 0. The molecule has 0 aromatic heterocycles. The van der Waals surface area contributed by atoms with Crippen LogP contribution in [0.25, 0.3) is 0 Å². The predicted molar refractivity (Wildman–Crippen MR) is 52.7 cm³/mol. The normalized spacial score (nSPS) is 11.9. The summed E-state index contributed by atoms with van der Waals surface area (Å²) in [6.45, 7) is 13.7. The van der Waals surface area contributed by atoms with Gasteiger partial charge in [-0.3, -0.25) is 0 Å². The average molecular weight is 171 g/mol. The minimum atomic E-state index is 0.473. The van der Waals surface area contributed by atoms with Crippen molar-refractivity contribution in [2.24, 2.45) is 5.92 Å². The summed E-state index contributed by atoms with van der Waals surface area (Å²) < 4.78 is 0. The third-order valence-electron chi connectivity index (χ3n) is 1.57. The Kier molecular flexibility index (Phi) is 4.20. The fourth-order valence-corrected chi connectivity index (χ4v) is 0.578. The van der Waals surface area contributed by atoms with Gasteiger partial charge in [0.25, 0.3) is 0 Å². The van der Waals surface area contributed by atoms with E-state index < -0.39 is 0 Å². The summed E-state index contributed by atoms with van der Waals surface area (Å²) in [4.78, 5) is 0. The molecule has 0 saturated carbocycles. The Hall–Kier alpha value is -0.490. The maximum Gasteiger partial charge on any atom is 0.0363 e. The molecule has 0 bridgehead atoms. The van der Waals surface area contributed by atoms with Gasteiger partial charge in [-0.25, -0.2) is 0 Å². The van der Waals surface area contributed by atoms with Crippen LogP contribution < -0.4 is 0 Å². The van der Waals surface area contributed by atoms with Gasteiger partial charge in [0.1, 0.15) is 0 Å². The van der Waals surface area contributed by atoms with E-state index >= 15 is 0 Å². The molecule has 0 aromatic rings. The smallest absolute Gasteiger partial charge is 0.0363 e. The monoisotopic (exact) mass is 170 g/mol. The fraction of sp³-hybridized carbons (Fsp3) is 0.400. The molecule has 0 rings (SSSR count). The second-order valence-corrected chi connectivity index (χ2v) is 3.42. The van der Waals surface area contributed by atoms with Crippen molar-refractivity contribution in [2.75, 3.05) is 0 Å². The van der Waals surface area contributed by atoms with Crippen LogP contribution in [0.2, 0.25) is 0 Å². The Morgan fingerprint density at radius 3 is 2.09 bits per heavy atom. The molecule has 0 saturated heterocycles. The lowest BCUT2D eigenvalue weighted by Gasteiger charge is -2.04. The molecule has 11 heavy (non-hydrogen) atoms. The molecule has 0 amide bonds. The molecule has 0 radical (unpaired) electrons. The summed E-state index contributed by atoms with van der Waals surface area (Å²) in [5.41, 5.74) is 2.08. The molecule has 0 fully saturated rings. The van der Waals surface area contributed by atoms with E-state index in [4.69, 9.17) is 11.6 Å². The van der Waals surface area contributed by atoms with Crippen LogP contribution in [-0.4, -0.2) is 0 Å². The summed E-state index contributed by atoms with van der Waals surface area (Å²) in [7, 11) is 0. The zero-order valence-corrected chi connectivity index (χ0v) is 8.20. The minimum absolute atomic E-state index is 0.473. The summed E-state index contributed by atoms with van der Waals surface area (Å²) >= 11 is 5.67. The van der Waals surface area contributed by atoms with Gasteiger partial charge in [0.15, 0.2) is 0 Å². The van der Waals surface area contributed by atoms with Crippen molar-refractivity contribution in [1.82, 2.24) is 0 Å². The van der Waals surface area contributed by atoms with Gasteiger partial charge in [0.05, 0.1) is 0 Å². The number of rotatable bonds is 3. The van der Waals surface area contributed by atoms with Crippen molar-refractivity contribution in [3.05, 3.63) is 35.4 Å². The lowest BCUT2D eigenvalue weighted by atomic mass is 10.0. The highest BCUT2D eigenvalue weighted by molar-refractivity contribution is 6.31. The number of allylic oxidation sites excluding steroid dienone is 4. The molecule has 0 N–H and O–H groups in total. The molecule has 0 nitrogen and oxygen atoms in total. The number of hydrogen-bond acceptors (Lipinski definition) is 0. The van der Waals surface area contributed by atoms with E-state index in [2.05, 4.69) is 27.0 Å². The van der Waals surface area contributed by atoms with Gasteiger partial charge in [0, 0.05) is 5.03 Å². The first kappa shape index (κ1) is 10.5. The molecule has 1 heteroatoms. The van der Waals surface area contributed by atoms with Crippen molar-refractivity contribution in [1.29, 1.82) is 0 Å². The first-order chi connectivity index (χ1) is 4.95. The Labute approximate surface area is 74.3 Å². The molecule has 0 aliphatic heterocycles. The number of hydrogen-bond donors (Lipinski definition) is 0. The van der Waals surface area contributed by atoms with Crippen LogP contribution in [0.15, 0.2) is 35.4 Å². The quantitative estimate of drug-likeness (QED) is 0.564. The molecule has 0 atom stereocenters. The van der Waals surface area contributed by atoms with E-state index in [1.54, 1.807) is 0 Å². The van der Waals surface area contributed by atoms with E-state index in [-0.39, 0.29) is 0 Å².